The molecule has 0 spiro atoms. The molecule has 2 aromatic rings. The summed E-state index contributed by atoms with van der Waals surface area (Å²) in [4.78, 5) is 0. The summed E-state index contributed by atoms with van der Waals surface area (Å²) in [6.45, 7) is 0.683. The van der Waals surface area contributed by atoms with E-state index in [9.17, 15) is 4.39 Å². The SMILES string of the molecule is Fc1ccc(NC(=S)NCCc2ccc(Cl)cc2)cc1Cl. The molecule has 6 heteroatoms. The Bertz CT molecular complexity index is 632. The molecule has 21 heavy (non-hydrogen) atoms. The predicted molar refractivity (Wildman–Crippen MR) is 90.8 cm³/mol. The van der Waals surface area contributed by atoms with Crippen LogP contribution >= 0.6 is 35.4 Å². The highest BCUT2D eigenvalue weighted by molar-refractivity contribution is 7.80. The van der Waals surface area contributed by atoms with E-state index >= 15 is 0 Å². The van der Waals surface area contributed by atoms with Gasteiger partial charge in [0.15, 0.2) is 5.11 Å². The summed E-state index contributed by atoms with van der Waals surface area (Å²) in [6.07, 6.45) is 0.823. The second-order valence-corrected chi connectivity index (χ2v) is 5.64. The topological polar surface area (TPSA) is 24.1 Å². The highest BCUT2D eigenvalue weighted by atomic mass is 35.5. The van der Waals surface area contributed by atoms with Crippen molar-refractivity contribution in [2.45, 2.75) is 6.42 Å². The minimum absolute atomic E-state index is 0.0592. The van der Waals surface area contributed by atoms with Crippen LogP contribution in [0.3, 0.4) is 0 Å². The molecule has 0 unspecified atom stereocenters. The molecule has 0 bridgehead atoms. The number of benzene rings is 2. The van der Waals surface area contributed by atoms with Gasteiger partial charge in [-0.05, 0) is 54.5 Å². The van der Waals surface area contributed by atoms with E-state index in [1.165, 1.54) is 17.7 Å². The number of halogens is 3. The lowest BCUT2D eigenvalue weighted by Crippen LogP contribution is -2.30. The van der Waals surface area contributed by atoms with Crippen molar-refractivity contribution in [3.63, 3.8) is 0 Å². The number of hydrogen-bond donors (Lipinski definition) is 2. The van der Waals surface area contributed by atoms with Crippen LogP contribution in [0.1, 0.15) is 5.56 Å². The Morgan fingerprint density at radius 3 is 2.48 bits per heavy atom. The van der Waals surface area contributed by atoms with Crippen LogP contribution in [0, 0.1) is 5.82 Å². The molecule has 110 valence electrons. The van der Waals surface area contributed by atoms with Gasteiger partial charge in [0.1, 0.15) is 5.82 Å². The minimum Gasteiger partial charge on any atom is -0.362 e. The summed E-state index contributed by atoms with van der Waals surface area (Å²) in [5.74, 6) is -0.455. The van der Waals surface area contributed by atoms with E-state index in [2.05, 4.69) is 10.6 Å². The van der Waals surface area contributed by atoms with E-state index in [1.54, 1.807) is 6.07 Å². The van der Waals surface area contributed by atoms with Crippen molar-refractivity contribution in [1.29, 1.82) is 0 Å². The van der Waals surface area contributed by atoms with Gasteiger partial charge in [-0.15, -0.1) is 0 Å². The average Bonchev–Trinajstić information content (AvgIpc) is 2.45. The molecule has 2 aromatic carbocycles. The Morgan fingerprint density at radius 1 is 1.10 bits per heavy atom. The highest BCUT2D eigenvalue weighted by Crippen LogP contribution is 2.19. The van der Waals surface area contributed by atoms with Gasteiger partial charge >= 0.3 is 0 Å². The Morgan fingerprint density at radius 2 is 1.81 bits per heavy atom. The van der Waals surface area contributed by atoms with Crippen molar-refractivity contribution in [3.8, 4) is 0 Å². The quantitative estimate of drug-likeness (QED) is 0.790. The second kappa shape index (κ2) is 7.59. The maximum Gasteiger partial charge on any atom is 0.170 e. The summed E-state index contributed by atoms with van der Waals surface area (Å²) in [5.41, 5.74) is 1.81. The van der Waals surface area contributed by atoms with Crippen molar-refractivity contribution < 1.29 is 4.39 Å². The summed E-state index contributed by atoms with van der Waals surface area (Å²) in [7, 11) is 0. The van der Waals surface area contributed by atoms with Crippen LogP contribution in [-0.4, -0.2) is 11.7 Å². The Balaban J connectivity index is 1.79. The Kier molecular flexibility index (Phi) is 5.79. The molecular formula is C15H13Cl2FN2S. The maximum absolute atomic E-state index is 13.0. The number of anilines is 1. The van der Waals surface area contributed by atoms with Crippen LogP contribution in [0.4, 0.5) is 10.1 Å². The molecule has 0 radical (unpaired) electrons. The van der Waals surface area contributed by atoms with Crippen LogP contribution in [-0.2, 0) is 6.42 Å². The van der Waals surface area contributed by atoms with Gasteiger partial charge in [-0.2, -0.15) is 0 Å². The molecule has 0 aliphatic heterocycles. The van der Waals surface area contributed by atoms with Crippen LogP contribution in [0.2, 0.25) is 10.0 Å². The van der Waals surface area contributed by atoms with Crippen molar-refractivity contribution in [1.82, 2.24) is 5.32 Å². The van der Waals surface area contributed by atoms with Crippen molar-refractivity contribution in [2.24, 2.45) is 0 Å². The van der Waals surface area contributed by atoms with E-state index in [4.69, 9.17) is 35.4 Å². The van der Waals surface area contributed by atoms with Gasteiger partial charge < -0.3 is 10.6 Å². The van der Waals surface area contributed by atoms with E-state index in [0.29, 0.717) is 17.3 Å². The summed E-state index contributed by atoms with van der Waals surface area (Å²) in [6, 6.07) is 12.0. The first-order valence-corrected chi connectivity index (χ1v) is 7.45. The molecule has 0 aromatic heterocycles. The first kappa shape index (κ1) is 16.0. The second-order valence-electron chi connectivity index (χ2n) is 4.39. The number of hydrogen-bond acceptors (Lipinski definition) is 1. The molecule has 0 fully saturated rings. The first-order valence-electron chi connectivity index (χ1n) is 6.29. The Hall–Kier alpha value is -1.36. The number of nitrogens with one attached hydrogen (secondary N) is 2. The molecule has 0 saturated heterocycles. The van der Waals surface area contributed by atoms with Gasteiger partial charge in [-0.3, -0.25) is 0 Å². The fourth-order valence-electron chi connectivity index (χ4n) is 1.72. The maximum atomic E-state index is 13.0. The molecular weight excluding hydrogens is 330 g/mol. The van der Waals surface area contributed by atoms with Gasteiger partial charge in [0, 0.05) is 17.3 Å². The van der Waals surface area contributed by atoms with Gasteiger partial charge in [-0.1, -0.05) is 35.3 Å². The lowest BCUT2D eigenvalue weighted by atomic mass is 10.1. The third-order valence-electron chi connectivity index (χ3n) is 2.79. The molecule has 0 aliphatic rings. The normalized spacial score (nSPS) is 10.2. The van der Waals surface area contributed by atoms with Gasteiger partial charge in [0.2, 0.25) is 0 Å². The van der Waals surface area contributed by atoms with Gasteiger partial charge in [0.25, 0.3) is 0 Å². The van der Waals surface area contributed by atoms with E-state index in [0.717, 1.165) is 11.4 Å². The lowest BCUT2D eigenvalue weighted by molar-refractivity contribution is 0.628. The first-order chi connectivity index (χ1) is 10.0. The smallest absolute Gasteiger partial charge is 0.170 e. The lowest BCUT2D eigenvalue weighted by Gasteiger charge is -2.11. The van der Waals surface area contributed by atoms with Crippen LogP contribution in [0.25, 0.3) is 0 Å². The zero-order chi connectivity index (χ0) is 15.2. The van der Waals surface area contributed by atoms with E-state index < -0.39 is 5.82 Å². The number of rotatable bonds is 4. The summed E-state index contributed by atoms with van der Waals surface area (Å²) in [5, 5.41) is 7.28. The van der Waals surface area contributed by atoms with Crippen molar-refractivity contribution >= 4 is 46.2 Å². The third kappa shape index (κ3) is 5.16. The fourth-order valence-corrected chi connectivity index (χ4v) is 2.25. The molecule has 0 saturated carbocycles. The predicted octanol–water partition coefficient (Wildman–Crippen LogP) is 4.66. The molecule has 0 heterocycles. The zero-order valence-corrected chi connectivity index (χ0v) is 13.3. The molecule has 2 rings (SSSR count). The fraction of sp³-hybridized carbons (Fsp3) is 0.133. The minimum atomic E-state index is -0.455. The third-order valence-corrected chi connectivity index (χ3v) is 3.58. The van der Waals surface area contributed by atoms with E-state index in [-0.39, 0.29) is 5.02 Å². The molecule has 0 atom stereocenters. The average molecular weight is 343 g/mol. The summed E-state index contributed by atoms with van der Waals surface area (Å²) >= 11 is 16.7. The molecule has 0 amide bonds. The monoisotopic (exact) mass is 342 g/mol. The largest absolute Gasteiger partial charge is 0.362 e. The van der Waals surface area contributed by atoms with E-state index in [1.807, 2.05) is 24.3 Å². The van der Waals surface area contributed by atoms with Gasteiger partial charge in [0.05, 0.1) is 5.02 Å². The van der Waals surface area contributed by atoms with Crippen molar-refractivity contribution in [3.05, 3.63) is 63.9 Å². The standard InChI is InChI=1S/C15H13Cl2FN2S/c16-11-3-1-10(2-4-11)7-8-19-15(21)20-12-5-6-14(18)13(17)9-12/h1-6,9H,7-8H2,(H2,19,20,21). The molecule has 2 N–H and O–H groups in total. The highest BCUT2D eigenvalue weighted by Gasteiger charge is 2.02. The number of thiocarbonyl (C=S) groups is 1. The van der Waals surface area contributed by atoms with Crippen LogP contribution in [0.5, 0.6) is 0 Å². The van der Waals surface area contributed by atoms with Crippen LogP contribution < -0.4 is 10.6 Å². The van der Waals surface area contributed by atoms with Gasteiger partial charge in [-0.25, -0.2) is 4.39 Å². The zero-order valence-electron chi connectivity index (χ0n) is 11.0. The molecule has 2 nitrogen and oxygen atoms in total. The van der Waals surface area contributed by atoms with Crippen molar-refractivity contribution in [2.75, 3.05) is 11.9 Å². The molecule has 0 aliphatic carbocycles. The van der Waals surface area contributed by atoms with Crippen LogP contribution in [0.15, 0.2) is 42.5 Å². The Labute approximate surface area is 138 Å². The summed E-state index contributed by atoms with van der Waals surface area (Å²) < 4.78 is 13.0.